The maximum Gasteiger partial charge on any atom is 0.255 e. The van der Waals surface area contributed by atoms with Crippen LogP contribution in [-0.2, 0) is 0 Å². The number of carbonyl (C=O) groups is 1. The van der Waals surface area contributed by atoms with E-state index in [1.54, 1.807) is 32.2 Å². The molecule has 1 rings (SSSR count). The predicted octanol–water partition coefficient (Wildman–Crippen LogP) is 2.56. The van der Waals surface area contributed by atoms with Gasteiger partial charge >= 0.3 is 0 Å². The maximum atomic E-state index is 12.0. The topological polar surface area (TPSA) is 40.5 Å². The zero-order chi connectivity index (χ0) is 12.3. The van der Waals surface area contributed by atoms with Gasteiger partial charge in [-0.3, -0.25) is 4.79 Å². The summed E-state index contributed by atoms with van der Waals surface area (Å²) >= 11 is 9.29. The number of amides is 1. The molecule has 0 heterocycles. The van der Waals surface area contributed by atoms with Crippen molar-refractivity contribution in [2.75, 3.05) is 13.7 Å². The second-order valence-electron chi connectivity index (χ2n) is 3.55. The number of nitrogens with zero attached hydrogens (tertiary/aromatic N) is 1. The van der Waals surface area contributed by atoms with Crippen molar-refractivity contribution in [3.63, 3.8) is 0 Å². The molecule has 1 unspecified atom stereocenters. The number of hydrogen-bond donors (Lipinski definition) is 1. The van der Waals surface area contributed by atoms with Gasteiger partial charge in [0, 0.05) is 11.5 Å². The molecule has 1 N–H and O–H groups in total. The number of carbonyl (C=O) groups excluding carboxylic acids is 1. The van der Waals surface area contributed by atoms with Crippen molar-refractivity contribution in [3.05, 3.63) is 33.3 Å². The molecule has 16 heavy (non-hydrogen) atoms. The largest absolute Gasteiger partial charge is 0.394 e. The molecule has 88 valence electrons. The van der Waals surface area contributed by atoms with Crippen molar-refractivity contribution in [3.8, 4) is 0 Å². The SMILES string of the molecule is CC(CO)N(C)C(=O)c1cccc(Br)c1Cl. The lowest BCUT2D eigenvalue weighted by molar-refractivity contribution is 0.0682. The fourth-order valence-electron chi connectivity index (χ4n) is 1.18. The quantitative estimate of drug-likeness (QED) is 0.932. The summed E-state index contributed by atoms with van der Waals surface area (Å²) in [6.45, 7) is 1.69. The molecular formula is C11H13BrClNO2. The van der Waals surface area contributed by atoms with Crippen LogP contribution in [-0.4, -0.2) is 35.6 Å². The third-order valence-corrected chi connectivity index (χ3v) is 3.72. The van der Waals surface area contributed by atoms with E-state index in [4.69, 9.17) is 16.7 Å². The van der Waals surface area contributed by atoms with Crippen LogP contribution in [0.3, 0.4) is 0 Å². The number of benzene rings is 1. The molecule has 0 aliphatic carbocycles. The smallest absolute Gasteiger partial charge is 0.255 e. The Kier molecular flexibility index (Phi) is 4.77. The summed E-state index contributed by atoms with van der Waals surface area (Å²) in [4.78, 5) is 13.5. The normalized spacial score (nSPS) is 12.3. The Balaban J connectivity index is 3.01. The Hall–Kier alpha value is -0.580. The second-order valence-corrected chi connectivity index (χ2v) is 4.78. The number of halogens is 2. The van der Waals surface area contributed by atoms with E-state index in [9.17, 15) is 4.79 Å². The van der Waals surface area contributed by atoms with Crippen molar-refractivity contribution >= 4 is 33.4 Å². The first kappa shape index (κ1) is 13.5. The summed E-state index contributed by atoms with van der Waals surface area (Å²) < 4.78 is 0.685. The van der Waals surface area contributed by atoms with Crippen LogP contribution in [0.4, 0.5) is 0 Å². The van der Waals surface area contributed by atoms with Gasteiger partial charge in [0.15, 0.2) is 0 Å². The van der Waals surface area contributed by atoms with E-state index >= 15 is 0 Å². The Morgan fingerprint density at radius 2 is 2.25 bits per heavy atom. The minimum Gasteiger partial charge on any atom is -0.394 e. The summed E-state index contributed by atoms with van der Waals surface area (Å²) in [7, 11) is 1.64. The van der Waals surface area contributed by atoms with Crippen molar-refractivity contribution in [1.29, 1.82) is 0 Å². The van der Waals surface area contributed by atoms with Gasteiger partial charge in [0.2, 0.25) is 0 Å². The molecule has 1 aromatic rings. The van der Waals surface area contributed by atoms with Crippen LogP contribution in [0.25, 0.3) is 0 Å². The average Bonchev–Trinajstić information content (AvgIpc) is 2.29. The van der Waals surface area contributed by atoms with Crippen molar-refractivity contribution in [2.24, 2.45) is 0 Å². The third-order valence-electron chi connectivity index (χ3n) is 2.43. The molecule has 0 spiro atoms. The van der Waals surface area contributed by atoms with Crippen LogP contribution >= 0.6 is 27.5 Å². The number of rotatable bonds is 3. The fourth-order valence-corrected chi connectivity index (χ4v) is 1.75. The Bertz CT molecular complexity index is 398. The highest BCUT2D eigenvalue weighted by atomic mass is 79.9. The minimum absolute atomic E-state index is 0.0755. The van der Waals surface area contributed by atoms with E-state index in [0.717, 1.165) is 0 Å². The molecule has 0 aliphatic heterocycles. The zero-order valence-electron chi connectivity index (χ0n) is 9.08. The highest BCUT2D eigenvalue weighted by Crippen LogP contribution is 2.27. The molecule has 5 heteroatoms. The standard InChI is InChI=1S/C11H13BrClNO2/c1-7(6-15)14(2)11(16)8-4-3-5-9(12)10(8)13/h3-5,7,15H,6H2,1-2H3. The molecule has 0 saturated carbocycles. The molecule has 0 fully saturated rings. The van der Waals surface area contributed by atoms with Crippen LogP contribution in [0.2, 0.25) is 5.02 Å². The average molecular weight is 307 g/mol. The Morgan fingerprint density at radius 3 is 2.81 bits per heavy atom. The first-order chi connectivity index (χ1) is 7.49. The predicted molar refractivity (Wildman–Crippen MR) is 67.8 cm³/mol. The molecule has 1 aromatic carbocycles. The van der Waals surface area contributed by atoms with Crippen molar-refractivity contribution < 1.29 is 9.90 Å². The summed E-state index contributed by atoms with van der Waals surface area (Å²) in [5, 5.41) is 9.38. The Labute approximate surface area is 108 Å². The maximum absolute atomic E-state index is 12.0. The molecule has 0 saturated heterocycles. The summed E-state index contributed by atoms with van der Waals surface area (Å²) in [5.41, 5.74) is 0.429. The molecular weight excluding hydrogens is 293 g/mol. The lowest BCUT2D eigenvalue weighted by atomic mass is 10.2. The van der Waals surface area contributed by atoms with Crippen LogP contribution in [0.5, 0.6) is 0 Å². The number of aliphatic hydroxyl groups is 1. The monoisotopic (exact) mass is 305 g/mol. The van der Waals surface area contributed by atoms with Crippen LogP contribution in [0.15, 0.2) is 22.7 Å². The highest BCUT2D eigenvalue weighted by molar-refractivity contribution is 9.10. The van der Waals surface area contributed by atoms with Crippen LogP contribution in [0, 0.1) is 0 Å². The molecule has 0 aromatic heterocycles. The first-order valence-corrected chi connectivity index (χ1v) is 5.98. The molecule has 1 atom stereocenters. The molecule has 3 nitrogen and oxygen atoms in total. The van der Waals surface area contributed by atoms with Crippen LogP contribution in [0.1, 0.15) is 17.3 Å². The van der Waals surface area contributed by atoms with Gasteiger partial charge in [-0.15, -0.1) is 0 Å². The van der Waals surface area contributed by atoms with Gasteiger partial charge < -0.3 is 10.0 Å². The first-order valence-electron chi connectivity index (χ1n) is 4.81. The zero-order valence-corrected chi connectivity index (χ0v) is 11.4. The number of hydrogen-bond acceptors (Lipinski definition) is 2. The van der Waals surface area contributed by atoms with E-state index in [2.05, 4.69) is 15.9 Å². The fraction of sp³-hybridized carbons (Fsp3) is 0.364. The van der Waals surface area contributed by atoms with Gasteiger partial charge in [0.1, 0.15) is 0 Å². The molecule has 0 bridgehead atoms. The van der Waals surface area contributed by atoms with E-state index in [1.165, 1.54) is 4.90 Å². The molecule has 0 aliphatic rings. The van der Waals surface area contributed by atoms with Gasteiger partial charge in [0.25, 0.3) is 5.91 Å². The third kappa shape index (κ3) is 2.75. The van der Waals surface area contributed by atoms with Gasteiger partial charge in [-0.05, 0) is 35.0 Å². The lowest BCUT2D eigenvalue weighted by Crippen LogP contribution is -2.37. The van der Waals surface area contributed by atoms with Gasteiger partial charge in [-0.1, -0.05) is 17.7 Å². The number of aliphatic hydroxyl groups excluding tert-OH is 1. The van der Waals surface area contributed by atoms with E-state index in [1.807, 2.05) is 0 Å². The van der Waals surface area contributed by atoms with Gasteiger partial charge in [-0.2, -0.15) is 0 Å². The summed E-state index contributed by atoms with van der Waals surface area (Å²) in [6, 6.07) is 4.95. The second kappa shape index (κ2) is 5.66. The van der Waals surface area contributed by atoms with E-state index in [0.29, 0.717) is 15.1 Å². The minimum atomic E-state index is -0.234. The van der Waals surface area contributed by atoms with E-state index < -0.39 is 0 Å². The van der Waals surface area contributed by atoms with Crippen molar-refractivity contribution in [2.45, 2.75) is 13.0 Å². The lowest BCUT2D eigenvalue weighted by Gasteiger charge is -2.23. The summed E-state index contributed by atoms with van der Waals surface area (Å²) in [5.74, 6) is -0.201. The summed E-state index contributed by atoms with van der Waals surface area (Å²) in [6.07, 6.45) is 0. The number of likely N-dealkylation sites (N-methyl/N-ethyl adjacent to an activating group) is 1. The van der Waals surface area contributed by atoms with Gasteiger partial charge in [-0.25, -0.2) is 0 Å². The molecule has 1 amide bonds. The highest BCUT2D eigenvalue weighted by Gasteiger charge is 2.19. The Morgan fingerprint density at radius 1 is 1.62 bits per heavy atom. The van der Waals surface area contributed by atoms with Crippen molar-refractivity contribution in [1.82, 2.24) is 4.90 Å². The van der Waals surface area contributed by atoms with Crippen LogP contribution < -0.4 is 0 Å². The van der Waals surface area contributed by atoms with Gasteiger partial charge in [0.05, 0.1) is 23.2 Å². The molecule has 0 radical (unpaired) electrons. The van der Waals surface area contributed by atoms with E-state index in [-0.39, 0.29) is 18.6 Å².